The zero-order valence-electron chi connectivity index (χ0n) is 10.8. The number of hydrogen-bond acceptors (Lipinski definition) is 4. The molecule has 1 aromatic heterocycles. The molecule has 0 atom stereocenters. The maximum Gasteiger partial charge on any atom is 0.325 e. The van der Waals surface area contributed by atoms with E-state index in [4.69, 9.17) is 5.11 Å². The minimum atomic E-state index is -1.04. The molecule has 2 rings (SSSR count). The summed E-state index contributed by atoms with van der Waals surface area (Å²) >= 11 is 0. The molecule has 1 aromatic carbocycles. The summed E-state index contributed by atoms with van der Waals surface area (Å²) in [5.74, 6) is -1.49. The lowest BCUT2D eigenvalue weighted by molar-refractivity contribution is -0.137. The topological polar surface area (TPSA) is 109 Å². The molecule has 0 saturated heterocycles. The van der Waals surface area contributed by atoms with Gasteiger partial charge in [-0.15, -0.1) is 5.10 Å². The number of carboxylic acid groups (broad SMARTS) is 1. The Hall–Kier alpha value is -2.97. The van der Waals surface area contributed by atoms with E-state index in [1.807, 2.05) is 0 Å². The lowest BCUT2D eigenvalue weighted by atomic mass is 10.3. The quantitative estimate of drug-likeness (QED) is 0.756. The van der Waals surface area contributed by atoms with Crippen molar-refractivity contribution in [3.05, 3.63) is 42.0 Å². The van der Waals surface area contributed by atoms with Gasteiger partial charge in [-0.1, -0.05) is 11.3 Å². The van der Waals surface area contributed by atoms with Crippen LogP contribution >= 0.6 is 0 Å². The Morgan fingerprint density at radius 3 is 2.90 bits per heavy atom. The SMILES string of the molecule is O=C(O)Cn1cc(CNC(=O)Nc2cccc(F)c2)nn1. The smallest absolute Gasteiger partial charge is 0.325 e. The molecule has 0 unspecified atom stereocenters. The molecule has 0 aliphatic carbocycles. The third kappa shape index (κ3) is 4.56. The number of carboxylic acids is 1. The van der Waals surface area contributed by atoms with Crippen LogP contribution in [-0.2, 0) is 17.9 Å². The summed E-state index contributed by atoms with van der Waals surface area (Å²) in [7, 11) is 0. The first-order valence-electron chi connectivity index (χ1n) is 5.94. The highest BCUT2D eigenvalue weighted by Crippen LogP contribution is 2.08. The lowest BCUT2D eigenvalue weighted by Crippen LogP contribution is -2.28. The standard InChI is InChI=1S/C12H12FN5O3/c13-8-2-1-3-9(4-8)15-12(21)14-5-10-6-18(17-16-10)7-11(19)20/h1-4,6H,5,7H2,(H,19,20)(H2,14,15,21). The van der Waals surface area contributed by atoms with Crippen LogP contribution in [0.2, 0.25) is 0 Å². The van der Waals surface area contributed by atoms with Crippen molar-refractivity contribution in [2.24, 2.45) is 0 Å². The number of hydrogen-bond donors (Lipinski definition) is 3. The normalized spacial score (nSPS) is 10.1. The number of halogens is 1. The fourth-order valence-electron chi connectivity index (χ4n) is 1.55. The molecular formula is C12H12FN5O3. The molecule has 9 heteroatoms. The Balaban J connectivity index is 1.83. The number of aliphatic carboxylic acids is 1. The van der Waals surface area contributed by atoms with Gasteiger partial charge in [0.25, 0.3) is 0 Å². The van der Waals surface area contributed by atoms with E-state index >= 15 is 0 Å². The number of aromatic nitrogens is 3. The van der Waals surface area contributed by atoms with E-state index in [0.717, 1.165) is 4.68 Å². The molecule has 0 aliphatic rings. The van der Waals surface area contributed by atoms with Crippen LogP contribution in [0.5, 0.6) is 0 Å². The third-order valence-electron chi connectivity index (χ3n) is 2.40. The van der Waals surface area contributed by atoms with Gasteiger partial charge in [0, 0.05) is 5.69 Å². The molecular weight excluding hydrogens is 281 g/mol. The zero-order chi connectivity index (χ0) is 15.2. The highest BCUT2D eigenvalue weighted by Gasteiger charge is 2.06. The molecule has 110 valence electrons. The Morgan fingerprint density at radius 2 is 2.19 bits per heavy atom. The number of urea groups is 1. The maximum absolute atomic E-state index is 12.9. The summed E-state index contributed by atoms with van der Waals surface area (Å²) in [6, 6.07) is 4.94. The number of benzene rings is 1. The summed E-state index contributed by atoms with van der Waals surface area (Å²) in [6.45, 7) is -0.233. The molecule has 2 amide bonds. The van der Waals surface area contributed by atoms with E-state index in [9.17, 15) is 14.0 Å². The average Bonchev–Trinajstić information content (AvgIpc) is 2.83. The van der Waals surface area contributed by atoms with Gasteiger partial charge < -0.3 is 15.7 Å². The minimum Gasteiger partial charge on any atom is -0.480 e. The molecule has 21 heavy (non-hydrogen) atoms. The van der Waals surface area contributed by atoms with Crippen LogP contribution < -0.4 is 10.6 Å². The van der Waals surface area contributed by atoms with Crippen molar-refractivity contribution in [1.82, 2.24) is 20.3 Å². The zero-order valence-corrected chi connectivity index (χ0v) is 10.8. The molecule has 0 fully saturated rings. The van der Waals surface area contributed by atoms with Gasteiger partial charge >= 0.3 is 12.0 Å². The van der Waals surface area contributed by atoms with Crippen molar-refractivity contribution >= 4 is 17.7 Å². The number of nitrogens with zero attached hydrogens (tertiary/aromatic N) is 3. The van der Waals surface area contributed by atoms with Gasteiger partial charge in [0.05, 0.1) is 12.7 Å². The van der Waals surface area contributed by atoms with Crippen LogP contribution in [0.3, 0.4) is 0 Å². The van der Waals surface area contributed by atoms with Crippen LogP contribution in [0.15, 0.2) is 30.5 Å². The summed E-state index contributed by atoms with van der Waals surface area (Å²) in [5, 5.41) is 20.8. The van der Waals surface area contributed by atoms with E-state index < -0.39 is 17.8 Å². The van der Waals surface area contributed by atoms with Crippen LogP contribution in [0.25, 0.3) is 0 Å². The van der Waals surface area contributed by atoms with Crippen LogP contribution in [0.4, 0.5) is 14.9 Å². The summed E-state index contributed by atoms with van der Waals surface area (Å²) in [6.07, 6.45) is 1.41. The van der Waals surface area contributed by atoms with Crippen molar-refractivity contribution < 1.29 is 19.1 Å². The van der Waals surface area contributed by atoms with Crippen molar-refractivity contribution in [2.75, 3.05) is 5.32 Å². The molecule has 1 heterocycles. The molecule has 0 bridgehead atoms. The predicted molar refractivity (Wildman–Crippen MR) is 69.9 cm³/mol. The van der Waals surface area contributed by atoms with Crippen molar-refractivity contribution in [1.29, 1.82) is 0 Å². The van der Waals surface area contributed by atoms with Gasteiger partial charge in [0.2, 0.25) is 0 Å². The monoisotopic (exact) mass is 293 g/mol. The fraction of sp³-hybridized carbons (Fsp3) is 0.167. The van der Waals surface area contributed by atoms with Crippen molar-refractivity contribution in [3.63, 3.8) is 0 Å². The number of carbonyl (C=O) groups is 2. The highest BCUT2D eigenvalue weighted by atomic mass is 19.1. The fourth-order valence-corrected chi connectivity index (χ4v) is 1.55. The van der Waals surface area contributed by atoms with E-state index in [-0.39, 0.29) is 13.1 Å². The van der Waals surface area contributed by atoms with Gasteiger partial charge in [-0.3, -0.25) is 4.79 Å². The Labute approximate surface area is 118 Å². The molecule has 8 nitrogen and oxygen atoms in total. The molecule has 0 spiro atoms. The van der Waals surface area contributed by atoms with E-state index in [2.05, 4.69) is 20.9 Å². The first-order valence-corrected chi connectivity index (χ1v) is 5.94. The molecule has 3 N–H and O–H groups in total. The van der Waals surface area contributed by atoms with E-state index in [1.54, 1.807) is 6.07 Å². The predicted octanol–water partition coefficient (Wildman–Crippen LogP) is 0.824. The highest BCUT2D eigenvalue weighted by molar-refractivity contribution is 5.89. The van der Waals surface area contributed by atoms with Crippen LogP contribution in [-0.4, -0.2) is 32.1 Å². The third-order valence-corrected chi connectivity index (χ3v) is 2.40. The Morgan fingerprint density at radius 1 is 1.38 bits per heavy atom. The van der Waals surface area contributed by atoms with Crippen LogP contribution in [0.1, 0.15) is 5.69 Å². The Kier molecular flexibility index (Phi) is 4.44. The first kappa shape index (κ1) is 14.4. The first-order chi connectivity index (χ1) is 10.0. The average molecular weight is 293 g/mol. The number of nitrogens with one attached hydrogen (secondary N) is 2. The maximum atomic E-state index is 12.9. The summed E-state index contributed by atoms with van der Waals surface area (Å²) < 4.78 is 14.1. The molecule has 0 aliphatic heterocycles. The second-order valence-corrected chi connectivity index (χ2v) is 4.12. The molecule has 0 radical (unpaired) electrons. The van der Waals surface area contributed by atoms with Crippen molar-refractivity contribution in [3.8, 4) is 0 Å². The van der Waals surface area contributed by atoms with Crippen molar-refractivity contribution in [2.45, 2.75) is 13.1 Å². The molecule has 0 saturated carbocycles. The van der Waals surface area contributed by atoms with Crippen LogP contribution in [0, 0.1) is 5.82 Å². The number of rotatable bonds is 5. The van der Waals surface area contributed by atoms with E-state index in [1.165, 1.54) is 24.4 Å². The largest absolute Gasteiger partial charge is 0.480 e. The van der Waals surface area contributed by atoms with Gasteiger partial charge in [0.15, 0.2) is 0 Å². The van der Waals surface area contributed by atoms with Gasteiger partial charge in [-0.2, -0.15) is 0 Å². The van der Waals surface area contributed by atoms with Gasteiger partial charge in [-0.25, -0.2) is 13.9 Å². The summed E-state index contributed by atoms with van der Waals surface area (Å²) in [4.78, 5) is 22.1. The number of amides is 2. The second kappa shape index (κ2) is 6.46. The number of anilines is 1. The van der Waals surface area contributed by atoms with Gasteiger partial charge in [0.1, 0.15) is 18.1 Å². The van der Waals surface area contributed by atoms with Gasteiger partial charge in [-0.05, 0) is 18.2 Å². The summed E-state index contributed by atoms with van der Waals surface area (Å²) in [5.41, 5.74) is 0.729. The minimum absolute atomic E-state index is 0.0702. The van der Waals surface area contributed by atoms with E-state index in [0.29, 0.717) is 11.4 Å². The number of carbonyl (C=O) groups excluding carboxylic acids is 1. The molecule has 2 aromatic rings. The second-order valence-electron chi connectivity index (χ2n) is 4.12. The Bertz CT molecular complexity index is 658. The lowest BCUT2D eigenvalue weighted by Gasteiger charge is -2.06.